The normalized spacial score (nSPS) is 20.4. The average Bonchev–Trinajstić information content (AvgIpc) is 2.78. The van der Waals surface area contributed by atoms with Gasteiger partial charge >= 0.3 is 0 Å². The highest BCUT2D eigenvalue weighted by Crippen LogP contribution is 2.30. The summed E-state index contributed by atoms with van der Waals surface area (Å²) in [5.41, 5.74) is 1.30. The van der Waals surface area contributed by atoms with E-state index in [9.17, 15) is 0 Å². The van der Waals surface area contributed by atoms with Crippen molar-refractivity contribution in [3.05, 3.63) is 16.1 Å². The smallest absolute Gasteiger partial charge is 0.0960 e. The number of thiazole rings is 1. The van der Waals surface area contributed by atoms with E-state index in [1.165, 1.54) is 30.0 Å². The molecule has 0 bridgehead atoms. The molecular weight excluding hydrogens is 204 g/mol. The largest absolute Gasteiger partial charge is 0.317 e. The van der Waals surface area contributed by atoms with Crippen LogP contribution < -0.4 is 5.32 Å². The van der Waals surface area contributed by atoms with Gasteiger partial charge in [0.15, 0.2) is 0 Å². The minimum Gasteiger partial charge on any atom is -0.317 e. The van der Waals surface area contributed by atoms with Crippen LogP contribution in [-0.2, 0) is 0 Å². The highest BCUT2D eigenvalue weighted by Gasteiger charge is 2.19. The van der Waals surface area contributed by atoms with Gasteiger partial charge < -0.3 is 5.32 Å². The second-order valence-corrected chi connectivity index (χ2v) is 5.33. The third-order valence-corrected chi connectivity index (χ3v) is 4.37. The highest BCUT2D eigenvalue weighted by molar-refractivity contribution is 7.09. The molecule has 1 N–H and O–H groups in total. The second kappa shape index (κ2) is 5.08. The van der Waals surface area contributed by atoms with E-state index in [1.54, 1.807) is 0 Å². The summed E-state index contributed by atoms with van der Waals surface area (Å²) in [7, 11) is 0. The lowest BCUT2D eigenvalue weighted by Crippen LogP contribution is -2.26. The maximum absolute atomic E-state index is 4.80. The number of aromatic nitrogens is 1. The number of hydrogen-bond acceptors (Lipinski definition) is 3. The summed E-state index contributed by atoms with van der Waals surface area (Å²) in [5.74, 6) is 1.34. The maximum atomic E-state index is 4.80. The standard InChI is InChI=1S/C12H20N2S/c1-3-9(2)11-8-15-12(14-11)10-4-6-13-7-5-10/h8-10,13H,3-7H2,1-2H3. The summed E-state index contributed by atoms with van der Waals surface area (Å²) < 4.78 is 0. The average molecular weight is 224 g/mol. The fraction of sp³-hybridized carbons (Fsp3) is 0.750. The van der Waals surface area contributed by atoms with Crippen molar-refractivity contribution >= 4 is 11.3 Å². The summed E-state index contributed by atoms with van der Waals surface area (Å²) in [6.07, 6.45) is 3.70. The molecular formula is C12H20N2S. The molecule has 0 amide bonds. The molecule has 0 saturated carbocycles. The van der Waals surface area contributed by atoms with Gasteiger partial charge in [0, 0.05) is 11.3 Å². The van der Waals surface area contributed by atoms with Crippen molar-refractivity contribution in [3.63, 3.8) is 0 Å². The van der Waals surface area contributed by atoms with Gasteiger partial charge in [0.05, 0.1) is 10.7 Å². The van der Waals surface area contributed by atoms with Crippen LogP contribution >= 0.6 is 11.3 Å². The molecule has 1 unspecified atom stereocenters. The summed E-state index contributed by atoms with van der Waals surface area (Å²) >= 11 is 1.86. The summed E-state index contributed by atoms with van der Waals surface area (Å²) in [6.45, 7) is 6.81. The van der Waals surface area contributed by atoms with Crippen molar-refractivity contribution < 1.29 is 0 Å². The Kier molecular flexibility index (Phi) is 3.76. The van der Waals surface area contributed by atoms with Crippen molar-refractivity contribution in [2.45, 2.75) is 44.9 Å². The lowest BCUT2D eigenvalue weighted by molar-refractivity contribution is 0.458. The monoisotopic (exact) mass is 224 g/mol. The third-order valence-electron chi connectivity index (χ3n) is 3.35. The molecule has 1 aromatic rings. The van der Waals surface area contributed by atoms with Crippen LogP contribution in [0.5, 0.6) is 0 Å². The van der Waals surface area contributed by atoms with E-state index in [0.717, 1.165) is 13.1 Å². The first kappa shape index (κ1) is 11.1. The minimum atomic E-state index is 0.622. The van der Waals surface area contributed by atoms with E-state index in [2.05, 4.69) is 24.5 Å². The molecule has 0 aromatic carbocycles. The lowest BCUT2D eigenvalue weighted by atomic mass is 9.99. The van der Waals surface area contributed by atoms with E-state index < -0.39 is 0 Å². The van der Waals surface area contributed by atoms with Gasteiger partial charge in [-0.05, 0) is 38.3 Å². The van der Waals surface area contributed by atoms with E-state index in [1.807, 2.05) is 11.3 Å². The molecule has 1 aliphatic heterocycles. The molecule has 0 aliphatic carbocycles. The Morgan fingerprint density at radius 2 is 2.27 bits per heavy atom. The van der Waals surface area contributed by atoms with Crippen molar-refractivity contribution in [1.29, 1.82) is 0 Å². The molecule has 0 radical (unpaired) electrons. The molecule has 1 atom stereocenters. The Morgan fingerprint density at radius 1 is 1.53 bits per heavy atom. The Balaban J connectivity index is 2.05. The zero-order chi connectivity index (χ0) is 10.7. The lowest BCUT2D eigenvalue weighted by Gasteiger charge is -2.20. The summed E-state index contributed by atoms with van der Waals surface area (Å²) in [6, 6.07) is 0. The fourth-order valence-corrected chi connectivity index (χ4v) is 3.11. The Hall–Kier alpha value is -0.410. The zero-order valence-corrected chi connectivity index (χ0v) is 10.4. The van der Waals surface area contributed by atoms with Crippen LogP contribution in [0.15, 0.2) is 5.38 Å². The van der Waals surface area contributed by atoms with E-state index in [-0.39, 0.29) is 0 Å². The van der Waals surface area contributed by atoms with Crippen LogP contribution in [-0.4, -0.2) is 18.1 Å². The van der Waals surface area contributed by atoms with Crippen LogP contribution in [0.1, 0.15) is 55.6 Å². The molecule has 84 valence electrons. The quantitative estimate of drug-likeness (QED) is 0.853. The molecule has 2 rings (SSSR count). The maximum Gasteiger partial charge on any atom is 0.0960 e. The van der Waals surface area contributed by atoms with Gasteiger partial charge in [0.2, 0.25) is 0 Å². The van der Waals surface area contributed by atoms with Gasteiger partial charge in [-0.25, -0.2) is 4.98 Å². The number of rotatable bonds is 3. The van der Waals surface area contributed by atoms with Crippen molar-refractivity contribution in [2.75, 3.05) is 13.1 Å². The zero-order valence-electron chi connectivity index (χ0n) is 9.62. The molecule has 2 heterocycles. The molecule has 3 heteroatoms. The fourth-order valence-electron chi connectivity index (χ4n) is 1.99. The van der Waals surface area contributed by atoms with Gasteiger partial charge in [0.25, 0.3) is 0 Å². The molecule has 1 fully saturated rings. The van der Waals surface area contributed by atoms with Crippen LogP contribution in [0.2, 0.25) is 0 Å². The van der Waals surface area contributed by atoms with Crippen LogP contribution in [0.25, 0.3) is 0 Å². The Labute approximate surface area is 96.1 Å². The predicted molar refractivity (Wildman–Crippen MR) is 65.7 cm³/mol. The van der Waals surface area contributed by atoms with Crippen molar-refractivity contribution in [2.24, 2.45) is 0 Å². The Bertz CT molecular complexity index is 302. The number of hydrogen-bond donors (Lipinski definition) is 1. The number of piperidine rings is 1. The van der Waals surface area contributed by atoms with E-state index >= 15 is 0 Å². The highest BCUT2D eigenvalue weighted by atomic mass is 32.1. The molecule has 1 saturated heterocycles. The number of nitrogens with one attached hydrogen (secondary N) is 1. The van der Waals surface area contributed by atoms with Gasteiger partial charge in [-0.1, -0.05) is 13.8 Å². The van der Waals surface area contributed by atoms with Crippen molar-refractivity contribution in [3.8, 4) is 0 Å². The van der Waals surface area contributed by atoms with Gasteiger partial charge in [0.1, 0.15) is 0 Å². The van der Waals surface area contributed by atoms with Crippen LogP contribution in [0, 0.1) is 0 Å². The number of nitrogens with zero attached hydrogens (tertiary/aromatic N) is 1. The van der Waals surface area contributed by atoms with E-state index in [0.29, 0.717) is 11.8 Å². The van der Waals surface area contributed by atoms with Gasteiger partial charge in [-0.3, -0.25) is 0 Å². The summed E-state index contributed by atoms with van der Waals surface area (Å²) in [4.78, 5) is 4.80. The van der Waals surface area contributed by atoms with E-state index in [4.69, 9.17) is 4.98 Å². The molecule has 2 nitrogen and oxygen atoms in total. The Morgan fingerprint density at radius 3 is 2.93 bits per heavy atom. The second-order valence-electron chi connectivity index (χ2n) is 4.44. The third kappa shape index (κ3) is 2.58. The first-order valence-electron chi connectivity index (χ1n) is 5.97. The van der Waals surface area contributed by atoms with Gasteiger partial charge in [-0.15, -0.1) is 11.3 Å². The topological polar surface area (TPSA) is 24.9 Å². The minimum absolute atomic E-state index is 0.622. The van der Waals surface area contributed by atoms with Crippen molar-refractivity contribution in [1.82, 2.24) is 10.3 Å². The molecule has 15 heavy (non-hydrogen) atoms. The van der Waals surface area contributed by atoms with Crippen LogP contribution in [0.3, 0.4) is 0 Å². The summed E-state index contributed by atoms with van der Waals surface area (Å²) in [5, 5.41) is 7.02. The first-order valence-corrected chi connectivity index (χ1v) is 6.85. The van der Waals surface area contributed by atoms with Gasteiger partial charge in [-0.2, -0.15) is 0 Å². The molecule has 1 aliphatic rings. The predicted octanol–water partition coefficient (Wildman–Crippen LogP) is 3.12. The first-order chi connectivity index (χ1) is 7.31. The van der Waals surface area contributed by atoms with Crippen LogP contribution in [0.4, 0.5) is 0 Å². The SMILES string of the molecule is CCC(C)c1csc(C2CCNCC2)n1. The molecule has 1 aromatic heterocycles. The molecule has 0 spiro atoms.